The molecule has 5 heteroatoms. The van der Waals surface area contributed by atoms with Gasteiger partial charge in [0.05, 0.1) is 18.0 Å². The van der Waals surface area contributed by atoms with Gasteiger partial charge in [-0.1, -0.05) is 0 Å². The Bertz CT molecular complexity index is 638. The number of imidazole rings is 1. The number of fused-ring (bicyclic) bond motifs is 3. The Morgan fingerprint density at radius 1 is 1.40 bits per heavy atom. The fourth-order valence-electron chi connectivity index (χ4n) is 3.49. The third-order valence-corrected chi connectivity index (χ3v) is 4.48. The fraction of sp³-hybridized carbons (Fsp3) is 0.467. The molecule has 2 saturated heterocycles. The molecule has 0 spiro atoms. The zero-order chi connectivity index (χ0) is 13.5. The topological polar surface area (TPSA) is 49.6 Å². The highest BCUT2D eigenvalue weighted by molar-refractivity contribution is 5.95. The van der Waals surface area contributed by atoms with Crippen LogP contribution in [0.25, 0.3) is 5.52 Å². The molecule has 5 nitrogen and oxygen atoms in total. The number of hydrogen-bond donors (Lipinski definition) is 1. The molecule has 0 radical (unpaired) electrons. The lowest BCUT2D eigenvalue weighted by molar-refractivity contribution is 0.0909. The van der Waals surface area contributed by atoms with Crippen LogP contribution in [0.5, 0.6) is 0 Å². The van der Waals surface area contributed by atoms with Crippen molar-refractivity contribution in [1.29, 1.82) is 0 Å². The normalized spacial score (nSPS) is 28.7. The van der Waals surface area contributed by atoms with Crippen LogP contribution in [0.3, 0.4) is 0 Å². The van der Waals surface area contributed by atoms with E-state index in [0.29, 0.717) is 11.6 Å². The molecule has 2 aromatic heterocycles. The lowest BCUT2D eigenvalue weighted by Gasteiger charge is -2.30. The maximum absolute atomic E-state index is 12.4. The van der Waals surface area contributed by atoms with Gasteiger partial charge in [0.15, 0.2) is 0 Å². The maximum atomic E-state index is 12.4. The molecule has 4 rings (SSSR count). The van der Waals surface area contributed by atoms with Crippen LogP contribution in [0.15, 0.2) is 30.9 Å². The average molecular weight is 270 g/mol. The lowest BCUT2D eigenvalue weighted by Crippen LogP contribution is -2.47. The van der Waals surface area contributed by atoms with Crippen LogP contribution in [0, 0.1) is 5.92 Å². The molecule has 0 saturated carbocycles. The summed E-state index contributed by atoms with van der Waals surface area (Å²) in [6, 6.07) is 4.03. The molecule has 2 aliphatic heterocycles. The molecule has 3 atom stereocenters. The van der Waals surface area contributed by atoms with Gasteiger partial charge in [-0.2, -0.15) is 0 Å². The van der Waals surface area contributed by atoms with Gasteiger partial charge in [0.2, 0.25) is 0 Å². The van der Waals surface area contributed by atoms with Crippen LogP contribution >= 0.6 is 0 Å². The Morgan fingerprint density at radius 3 is 3.25 bits per heavy atom. The largest absolute Gasteiger partial charge is 0.348 e. The van der Waals surface area contributed by atoms with E-state index in [2.05, 4.69) is 15.2 Å². The predicted octanol–water partition coefficient (Wildman–Crippen LogP) is 1.16. The molecule has 1 amide bonds. The van der Waals surface area contributed by atoms with Gasteiger partial charge in [0.1, 0.15) is 0 Å². The molecule has 2 fully saturated rings. The van der Waals surface area contributed by atoms with Crippen molar-refractivity contribution >= 4 is 11.4 Å². The van der Waals surface area contributed by atoms with Crippen molar-refractivity contribution in [2.24, 2.45) is 5.92 Å². The predicted molar refractivity (Wildman–Crippen MR) is 75.6 cm³/mol. The number of rotatable bonds is 2. The number of piperidine rings is 1. The highest BCUT2D eigenvalue weighted by atomic mass is 16.1. The summed E-state index contributed by atoms with van der Waals surface area (Å²) in [5.74, 6) is 0.799. The van der Waals surface area contributed by atoms with E-state index in [-0.39, 0.29) is 5.91 Å². The number of aromatic nitrogens is 2. The number of carbonyl (C=O) groups is 1. The van der Waals surface area contributed by atoms with E-state index < -0.39 is 0 Å². The second-order valence-corrected chi connectivity index (χ2v) is 5.96. The van der Waals surface area contributed by atoms with Crippen molar-refractivity contribution in [2.75, 3.05) is 19.6 Å². The van der Waals surface area contributed by atoms with E-state index >= 15 is 0 Å². The van der Waals surface area contributed by atoms with Crippen molar-refractivity contribution in [1.82, 2.24) is 19.6 Å². The summed E-state index contributed by atoms with van der Waals surface area (Å²) in [6.07, 6.45) is 7.79. The van der Waals surface area contributed by atoms with Crippen LogP contribution in [-0.2, 0) is 0 Å². The monoisotopic (exact) mass is 270 g/mol. The summed E-state index contributed by atoms with van der Waals surface area (Å²) in [6.45, 7) is 3.41. The first-order valence-electron chi connectivity index (χ1n) is 7.23. The first-order chi connectivity index (χ1) is 9.78. The van der Waals surface area contributed by atoms with Crippen molar-refractivity contribution in [3.63, 3.8) is 0 Å². The molecule has 104 valence electrons. The third kappa shape index (κ3) is 2.08. The number of carbonyl (C=O) groups excluding carboxylic acids is 1. The SMILES string of the molecule is O=C(N[C@@H]1C[C@@H]2CCN(C2)C1)c1ccn2cncc2c1. The Hall–Kier alpha value is -1.88. The summed E-state index contributed by atoms with van der Waals surface area (Å²) in [5, 5.41) is 3.18. The van der Waals surface area contributed by atoms with Crippen molar-refractivity contribution in [2.45, 2.75) is 18.9 Å². The standard InChI is InChI=1S/C15H18N4O/c20-15(12-2-4-19-10-16-7-14(19)6-12)17-13-5-11-1-3-18(8-11)9-13/h2,4,6-7,10-11,13H,1,3,5,8-9H2,(H,17,20)/t11-,13+/m0/s1. The van der Waals surface area contributed by atoms with Crippen LogP contribution < -0.4 is 5.32 Å². The number of pyridine rings is 1. The molecule has 2 aromatic rings. The quantitative estimate of drug-likeness (QED) is 0.891. The minimum Gasteiger partial charge on any atom is -0.348 e. The van der Waals surface area contributed by atoms with Crippen molar-refractivity contribution in [3.8, 4) is 0 Å². The number of amides is 1. The van der Waals surface area contributed by atoms with E-state index in [1.807, 2.05) is 22.7 Å². The minimum absolute atomic E-state index is 0.0289. The second-order valence-electron chi connectivity index (χ2n) is 5.96. The van der Waals surface area contributed by atoms with Gasteiger partial charge in [-0.3, -0.25) is 4.79 Å². The van der Waals surface area contributed by atoms with Gasteiger partial charge in [0.25, 0.3) is 5.91 Å². The van der Waals surface area contributed by atoms with Gasteiger partial charge in [0, 0.05) is 30.9 Å². The van der Waals surface area contributed by atoms with Crippen molar-refractivity contribution < 1.29 is 4.79 Å². The van der Waals surface area contributed by atoms with Gasteiger partial charge in [-0.25, -0.2) is 4.98 Å². The molecular weight excluding hydrogens is 252 g/mol. The van der Waals surface area contributed by atoms with Crippen molar-refractivity contribution in [3.05, 3.63) is 36.4 Å². The molecule has 0 aliphatic carbocycles. The summed E-state index contributed by atoms with van der Waals surface area (Å²) < 4.78 is 1.91. The molecule has 1 unspecified atom stereocenters. The van der Waals surface area contributed by atoms with E-state index in [9.17, 15) is 4.79 Å². The number of nitrogens with one attached hydrogen (secondary N) is 1. The first-order valence-corrected chi connectivity index (χ1v) is 7.23. The highest BCUT2D eigenvalue weighted by Crippen LogP contribution is 2.26. The van der Waals surface area contributed by atoms with E-state index in [1.54, 1.807) is 12.5 Å². The second kappa shape index (κ2) is 4.59. The van der Waals surface area contributed by atoms with Crippen LogP contribution in [0.1, 0.15) is 23.2 Å². The van der Waals surface area contributed by atoms with Gasteiger partial charge in [-0.05, 0) is 37.4 Å². The van der Waals surface area contributed by atoms with Gasteiger partial charge >= 0.3 is 0 Å². The van der Waals surface area contributed by atoms with Crippen LogP contribution in [0.2, 0.25) is 0 Å². The Morgan fingerprint density at radius 2 is 2.35 bits per heavy atom. The molecule has 20 heavy (non-hydrogen) atoms. The summed E-state index contributed by atoms with van der Waals surface area (Å²) in [7, 11) is 0. The minimum atomic E-state index is 0.0289. The molecule has 1 N–H and O–H groups in total. The van der Waals surface area contributed by atoms with E-state index in [4.69, 9.17) is 0 Å². The number of nitrogens with zero attached hydrogens (tertiary/aromatic N) is 3. The Labute approximate surface area is 117 Å². The van der Waals surface area contributed by atoms with Gasteiger partial charge in [-0.15, -0.1) is 0 Å². The van der Waals surface area contributed by atoms with E-state index in [0.717, 1.165) is 24.4 Å². The average Bonchev–Trinajstić information content (AvgIpc) is 3.04. The molecule has 2 aliphatic rings. The highest BCUT2D eigenvalue weighted by Gasteiger charge is 2.32. The summed E-state index contributed by atoms with van der Waals surface area (Å²) >= 11 is 0. The van der Waals surface area contributed by atoms with E-state index in [1.165, 1.54) is 19.5 Å². The fourth-order valence-corrected chi connectivity index (χ4v) is 3.49. The zero-order valence-electron chi connectivity index (χ0n) is 11.3. The molecule has 4 heterocycles. The van der Waals surface area contributed by atoms with Crippen LogP contribution in [0.4, 0.5) is 0 Å². The molecular formula is C15H18N4O. The molecule has 2 bridgehead atoms. The summed E-state index contributed by atoms with van der Waals surface area (Å²) in [4.78, 5) is 18.9. The molecule has 0 aromatic carbocycles. The maximum Gasteiger partial charge on any atom is 0.251 e. The zero-order valence-corrected chi connectivity index (χ0v) is 11.3. The number of hydrogen-bond acceptors (Lipinski definition) is 3. The van der Waals surface area contributed by atoms with Gasteiger partial charge < -0.3 is 14.6 Å². The van der Waals surface area contributed by atoms with Crippen LogP contribution in [-0.4, -0.2) is 45.9 Å². The summed E-state index contributed by atoms with van der Waals surface area (Å²) in [5.41, 5.74) is 1.66. The third-order valence-electron chi connectivity index (χ3n) is 4.48. The first kappa shape index (κ1) is 11.9. The lowest BCUT2D eigenvalue weighted by atomic mass is 9.96. The Balaban J connectivity index is 1.49. The Kier molecular flexibility index (Phi) is 2.73. The smallest absolute Gasteiger partial charge is 0.251 e.